The lowest BCUT2D eigenvalue weighted by Gasteiger charge is -2.48. The van der Waals surface area contributed by atoms with Crippen molar-refractivity contribution in [2.75, 3.05) is 26.4 Å². The number of nitrogens with one attached hydrogen (secondary N) is 1. The Morgan fingerprint density at radius 2 is 0.737 bits per heavy atom. The summed E-state index contributed by atoms with van der Waals surface area (Å²) in [4.78, 5) is 13.4. The van der Waals surface area contributed by atoms with Gasteiger partial charge in [-0.3, -0.25) is 4.79 Å². The minimum atomic E-state index is -1.98. The third kappa shape index (κ3) is 38.0. The van der Waals surface area contributed by atoms with Gasteiger partial charge in [-0.05, 0) is 70.6 Å². The number of carbonyl (C=O) groups excluding carboxylic acids is 1. The van der Waals surface area contributed by atoms with Crippen molar-refractivity contribution in [3.05, 3.63) is 72.9 Å². The van der Waals surface area contributed by atoms with Crippen LogP contribution in [0.2, 0.25) is 0 Å². The molecular weight excluding hydrogens is 1210 g/mol. The van der Waals surface area contributed by atoms with Crippen LogP contribution in [0.1, 0.15) is 271 Å². The zero-order valence-electron chi connectivity index (χ0n) is 58.6. The zero-order valence-corrected chi connectivity index (χ0v) is 58.6. The van der Waals surface area contributed by atoms with Crippen molar-refractivity contribution in [1.29, 1.82) is 0 Å². The quantitative estimate of drug-likeness (QED) is 0.0199. The summed E-state index contributed by atoms with van der Waals surface area (Å²) in [5.74, 6) is -0.290. The van der Waals surface area contributed by atoms with E-state index in [1.807, 2.05) is 6.08 Å². The molecule has 17 atom stereocenters. The molecule has 0 aromatic heterocycles. The largest absolute Gasteiger partial charge is 0.394 e. The summed E-state index contributed by atoms with van der Waals surface area (Å²) in [5.41, 5.74) is 0. The average molecular weight is 1350 g/mol. The molecule has 3 saturated heterocycles. The molecule has 12 N–H and O–H groups in total. The third-order valence-electron chi connectivity index (χ3n) is 18.5. The minimum Gasteiger partial charge on any atom is -0.394 e. The molecule has 3 rings (SSSR count). The summed E-state index contributed by atoms with van der Waals surface area (Å²) in [7, 11) is 0. The van der Waals surface area contributed by atoms with Crippen LogP contribution in [-0.2, 0) is 33.2 Å². The Hall–Kier alpha value is -2.77. The molecular formula is C76H135NO18. The van der Waals surface area contributed by atoms with E-state index in [1.165, 1.54) is 161 Å². The number of unbranched alkanes of at least 4 members (excludes halogenated alkanes) is 32. The number of aliphatic hydroxyl groups excluding tert-OH is 11. The van der Waals surface area contributed by atoms with Gasteiger partial charge >= 0.3 is 0 Å². The minimum absolute atomic E-state index is 0.227. The Kier molecular flexibility index (Phi) is 51.8. The predicted octanol–water partition coefficient (Wildman–Crippen LogP) is 11.3. The monoisotopic (exact) mass is 1350 g/mol. The Balaban J connectivity index is 1.42. The maximum absolute atomic E-state index is 13.4. The van der Waals surface area contributed by atoms with E-state index in [1.54, 1.807) is 6.08 Å². The highest BCUT2D eigenvalue weighted by Crippen LogP contribution is 2.33. The van der Waals surface area contributed by atoms with Crippen LogP contribution in [0.15, 0.2) is 72.9 Å². The molecule has 3 heterocycles. The lowest BCUT2D eigenvalue weighted by Crippen LogP contribution is -2.66. The van der Waals surface area contributed by atoms with Crippen LogP contribution in [0.5, 0.6) is 0 Å². The van der Waals surface area contributed by atoms with Gasteiger partial charge < -0.3 is 89.9 Å². The van der Waals surface area contributed by atoms with Crippen molar-refractivity contribution in [2.45, 2.75) is 375 Å². The van der Waals surface area contributed by atoms with Crippen molar-refractivity contribution in [3.8, 4) is 0 Å². The molecule has 3 aliphatic rings. The van der Waals surface area contributed by atoms with E-state index in [0.29, 0.717) is 12.8 Å². The highest BCUT2D eigenvalue weighted by atomic mass is 16.8. The molecule has 0 spiro atoms. The highest BCUT2D eigenvalue weighted by molar-refractivity contribution is 5.76. The van der Waals surface area contributed by atoms with Crippen LogP contribution in [0, 0.1) is 0 Å². The molecule has 0 bridgehead atoms. The maximum atomic E-state index is 13.4. The van der Waals surface area contributed by atoms with Crippen molar-refractivity contribution in [3.63, 3.8) is 0 Å². The molecule has 0 aromatic carbocycles. The van der Waals surface area contributed by atoms with Gasteiger partial charge in [0.25, 0.3) is 0 Å². The van der Waals surface area contributed by atoms with E-state index < -0.39 is 124 Å². The van der Waals surface area contributed by atoms with E-state index >= 15 is 0 Å². The standard InChI is InChI=1S/C76H135NO18/c1-3-5-7-9-11-13-15-17-19-21-23-25-27-28-29-30-32-33-35-37-39-41-43-45-47-49-51-53-60(81)59(77-64(82)54-52-50-48-46-44-42-40-38-36-34-31-26-24-22-20-18-16-14-12-10-8-6-4-2)58-90-74-70(88)67(85)72(62(56-79)92-74)95-76-71(89)68(86)73(63(57-80)93-76)94-75-69(87)66(84)65(83)61(55-78)91-75/h6,8,12,14,18,20,24,26,43,45,51,53,59-63,65-76,78-81,83-89H,3-5,7,9-11,13,15-17,19,21-23,25,27-42,44,46-50,52,54-58H2,1-2H3,(H,77,82)/b8-6-,14-12-,20-18-,26-24-,45-43+,53-51+. The van der Waals surface area contributed by atoms with Gasteiger partial charge in [0.1, 0.15) is 73.2 Å². The Morgan fingerprint density at radius 1 is 0.389 bits per heavy atom. The van der Waals surface area contributed by atoms with Gasteiger partial charge in [0.15, 0.2) is 18.9 Å². The number of rotatable bonds is 58. The summed E-state index contributed by atoms with van der Waals surface area (Å²) in [5, 5.41) is 121. The van der Waals surface area contributed by atoms with Crippen molar-refractivity contribution in [1.82, 2.24) is 5.32 Å². The van der Waals surface area contributed by atoms with Gasteiger partial charge in [0.05, 0.1) is 38.6 Å². The Morgan fingerprint density at radius 3 is 1.18 bits per heavy atom. The molecule has 19 heteroatoms. The van der Waals surface area contributed by atoms with Crippen LogP contribution >= 0.6 is 0 Å². The van der Waals surface area contributed by atoms with Crippen LogP contribution < -0.4 is 5.32 Å². The van der Waals surface area contributed by atoms with Crippen LogP contribution in [-0.4, -0.2) is 193 Å². The second-order valence-electron chi connectivity index (χ2n) is 26.7. The fourth-order valence-electron chi connectivity index (χ4n) is 12.4. The second-order valence-corrected chi connectivity index (χ2v) is 26.7. The van der Waals surface area contributed by atoms with Gasteiger partial charge in [-0.15, -0.1) is 0 Å². The average Bonchev–Trinajstić information content (AvgIpc) is 0.787. The molecule has 3 fully saturated rings. The molecule has 552 valence electrons. The van der Waals surface area contributed by atoms with Gasteiger partial charge in [0, 0.05) is 6.42 Å². The molecule has 3 aliphatic heterocycles. The number of carbonyl (C=O) groups is 1. The fourth-order valence-corrected chi connectivity index (χ4v) is 12.4. The van der Waals surface area contributed by atoms with E-state index in [0.717, 1.165) is 77.0 Å². The number of amides is 1. The molecule has 19 nitrogen and oxygen atoms in total. The topological polar surface area (TPSA) is 307 Å². The van der Waals surface area contributed by atoms with Gasteiger partial charge in [-0.2, -0.15) is 0 Å². The van der Waals surface area contributed by atoms with Gasteiger partial charge in [-0.1, -0.05) is 267 Å². The number of allylic oxidation sites excluding steroid dienone is 11. The summed E-state index contributed by atoms with van der Waals surface area (Å²) in [6, 6.07) is -0.998. The first-order valence-corrected chi connectivity index (χ1v) is 37.7. The lowest BCUT2D eigenvalue weighted by molar-refractivity contribution is -0.379. The Labute approximate surface area is 572 Å². The number of hydrogen-bond acceptors (Lipinski definition) is 18. The van der Waals surface area contributed by atoms with E-state index in [2.05, 4.69) is 79.9 Å². The van der Waals surface area contributed by atoms with E-state index in [4.69, 9.17) is 28.4 Å². The van der Waals surface area contributed by atoms with Crippen molar-refractivity contribution >= 4 is 5.91 Å². The summed E-state index contributed by atoms with van der Waals surface area (Å²) in [6.45, 7) is 1.62. The SMILES string of the molecule is CC/C=C\C/C=C\C/C=C\C/C=C\CCCCCCCCCCCCC(=O)NC(COC1OC(CO)C(OC2OC(CO)C(OC3OC(CO)C(O)C(O)C3O)C(O)C2O)C(O)C1O)C(O)/C=C/CC/C=C/CCCCCCCCCCCCCCCCCCCCCCC. The summed E-state index contributed by atoms with van der Waals surface area (Å²) >= 11 is 0. The van der Waals surface area contributed by atoms with Crippen molar-refractivity contribution in [2.24, 2.45) is 0 Å². The summed E-state index contributed by atoms with van der Waals surface area (Å²) < 4.78 is 34.4. The van der Waals surface area contributed by atoms with E-state index in [-0.39, 0.29) is 18.9 Å². The second kappa shape index (κ2) is 56.9. The smallest absolute Gasteiger partial charge is 0.220 e. The zero-order chi connectivity index (χ0) is 68.9. The summed E-state index contributed by atoms with van der Waals surface area (Å²) in [6.07, 6.45) is 46.0. The molecule has 1 amide bonds. The maximum Gasteiger partial charge on any atom is 0.220 e. The molecule has 17 unspecified atom stereocenters. The van der Waals surface area contributed by atoms with Crippen LogP contribution in [0.3, 0.4) is 0 Å². The van der Waals surface area contributed by atoms with Gasteiger partial charge in [-0.25, -0.2) is 0 Å². The highest BCUT2D eigenvalue weighted by Gasteiger charge is 2.53. The predicted molar refractivity (Wildman–Crippen MR) is 374 cm³/mol. The molecule has 95 heavy (non-hydrogen) atoms. The van der Waals surface area contributed by atoms with E-state index in [9.17, 15) is 61.0 Å². The van der Waals surface area contributed by atoms with Crippen LogP contribution in [0.4, 0.5) is 0 Å². The lowest BCUT2D eigenvalue weighted by atomic mass is 9.96. The number of ether oxygens (including phenoxy) is 6. The first kappa shape index (κ1) is 86.5. The van der Waals surface area contributed by atoms with Crippen molar-refractivity contribution < 1.29 is 89.4 Å². The third-order valence-corrected chi connectivity index (χ3v) is 18.5. The normalized spacial score (nSPS) is 27.6. The van der Waals surface area contributed by atoms with Gasteiger partial charge in [0.2, 0.25) is 5.91 Å². The molecule has 0 aliphatic carbocycles. The Bertz CT molecular complexity index is 2000. The number of hydrogen-bond donors (Lipinski definition) is 12. The van der Waals surface area contributed by atoms with Crippen LogP contribution in [0.25, 0.3) is 0 Å². The molecule has 0 saturated carbocycles. The fraction of sp³-hybridized carbons (Fsp3) is 0.829. The first-order chi connectivity index (χ1) is 46.3. The number of aliphatic hydroxyl groups is 11. The first-order valence-electron chi connectivity index (χ1n) is 37.7. The molecule has 0 radical (unpaired) electrons. The molecule has 0 aromatic rings.